The lowest BCUT2D eigenvalue weighted by Gasteiger charge is -2.03. The summed E-state index contributed by atoms with van der Waals surface area (Å²) in [6, 6.07) is 7.96. The Morgan fingerprint density at radius 3 is 3.00 bits per heavy atom. The Morgan fingerprint density at radius 2 is 2.29 bits per heavy atom. The van der Waals surface area contributed by atoms with Crippen molar-refractivity contribution < 1.29 is 4.74 Å². The quantitative estimate of drug-likeness (QED) is 0.809. The van der Waals surface area contributed by atoms with Gasteiger partial charge in [0.15, 0.2) is 0 Å². The molecular weight excluding hydrogens is 214 g/mol. The highest BCUT2D eigenvalue weighted by atomic mass is 16.5. The van der Waals surface area contributed by atoms with Gasteiger partial charge in [-0.05, 0) is 18.6 Å². The maximum atomic E-state index is 8.71. The van der Waals surface area contributed by atoms with E-state index in [2.05, 4.69) is 18.0 Å². The third-order valence-corrected chi connectivity index (χ3v) is 2.65. The van der Waals surface area contributed by atoms with Crippen molar-refractivity contribution in [1.82, 2.24) is 9.55 Å². The van der Waals surface area contributed by atoms with Gasteiger partial charge in [-0.2, -0.15) is 5.26 Å². The van der Waals surface area contributed by atoms with Crippen molar-refractivity contribution >= 4 is 11.0 Å². The van der Waals surface area contributed by atoms with Gasteiger partial charge in [0, 0.05) is 13.1 Å². The van der Waals surface area contributed by atoms with Crippen LogP contribution in [0.4, 0.5) is 0 Å². The van der Waals surface area contributed by atoms with Crippen LogP contribution in [-0.4, -0.2) is 16.2 Å². The van der Waals surface area contributed by atoms with Gasteiger partial charge in [0.2, 0.25) is 0 Å². The summed E-state index contributed by atoms with van der Waals surface area (Å²) in [4.78, 5) is 4.43. The Kier molecular flexibility index (Phi) is 3.29. The third-order valence-electron chi connectivity index (χ3n) is 2.65. The smallest absolute Gasteiger partial charge is 0.123 e. The zero-order valence-corrected chi connectivity index (χ0v) is 10.1. The average Bonchev–Trinajstić information content (AvgIpc) is 2.64. The zero-order valence-electron chi connectivity index (χ0n) is 10.1. The lowest BCUT2D eigenvalue weighted by atomic mass is 10.3. The Hall–Kier alpha value is -2.02. The van der Waals surface area contributed by atoms with E-state index in [1.165, 1.54) is 0 Å². The number of aryl methyl sites for hydroxylation is 1. The number of benzene rings is 1. The maximum Gasteiger partial charge on any atom is 0.123 e. The fraction of sp³-hybridized carbons (Fsp3) is 0.385. The van der Waals surface area contributed by atoms with Crippen molar-refractivity contribution in [1.29, 1.82) is 5.26 Å². The average molecular weight is 229 g/mol. The minimum absolute atomic E-state index is 0.330. The summed E-state index contributed by atoms with van der Waals surface area (Å²) in [6.45, 7) is 2.79. The first-order chi connectivity index (χ1) is 8.26. The summed E-state index contributed by atoms with van der Waals surface area (Å²) < 4.78 is 7.50. The van der Waals surface area contributed by atoms with Crippen LogP contribution in [0.25, 0.3) is 11.0 Å². The number of aromatic nitrogens is 2. The second-order valence-corrected chi connectivity index (χ2v) is 3.92. The molecule has 4 nitrogen and oxygen atoms in total. The Labute approximate surface area is 100 Å². The molecule has 0 saturated heterocycles. The molecule has 0 atom stereocenters. The first kappa shape index (κ1) is 11.5. The molecule has 1 aromatic heterocycles. The minimum Gasteiger partial charge on any atom is -0.494 e. The van der Waals surface area contributed by atoms with Crippen LogP contribution in [0, 0.1) is 11.3 Å². The molecule has 1 heterocycles. The molecule has 2 aromatic rings. The van der Waals surface area contributed by atoms with E-state index in [1.807, 2.05) is 29.8 Å². The molecule has 0 bridgehead atoms. The van der Waals surface area contributed by atoms with E-state index in [0.717, 1.165) is 29.0 Å². The predicted molar refractivity (Wildman–Crippen MR) is 65.8 cm³/mol. The molecule has 0 unspecified atom stereocenters. The maximum absolute atomic E-state index is 8.71. The second kappa shape index (κ2) is 4.88. The van der Waals surface area contributed by atoms with Gasteiger partial charge in [-0.3, -0.25) is 0 Å². The summed E-state index contributed by atoms with van der Waals surface area (Å²) in [5.41, 5.74) is 1.91. The number of hydrogen-bond acceptors (Lipinski definition) is 3. The van der Waals surface area contributed by atoms with Gasteiger partial charge in [-0.1, -0.05) is 6.92 Å². The van der Waals surface area contributed by atoms with Gasteiger partial charge >= 0.3 is 0 Å². The summed E-state index contributed by atoms with van der Waals surface area (Å²) >= 11 is 0. The van der Waals surface area contributed by atoms with Gasteiger partial charge in [0.25, 0.3) is 0 Å². The molecule has 0 N–H and O–H groups in total. The monoisotopic (exact) mass is 229 g/mol. The standard InChI is InChI=1S/C13H15N3O/c1-3-8-17-10-4-5-12-11(9-10)15-13(6-7-14)16(12)2/h4-5,9H,3,6,8H2,1-2H3. The summed E-state index contributed by atoms with van der Waals surface area (Å²) in [7, 11) is 1.93. The first-order valence-corrected chi connectivity index (χ1v) is 5.71. The third kappa shape index (κ3) is 2.23. The molecule has 4 heteroatoms. The van der Waals surface area contributed by atoms with E-state index < -0.39 is 0 Å². The summed E-state index contributed by atoms with van der Waals surface area (Å²) in [5, 5.41) is 8.71. The van der Waals surface area contributed by atoms with Gasteiger partial charge in [-0.15, -0.1) is 0 Å². The van der Waals surface area contributed by atoms with Gasteiger partial charge in [0.1, 0.15) is 11.6 Å². The van der Waals surface area contributed by atoms with Gasteiger partial charge in [0.05, 0.1) is 30.1 Å². The van der Waals surface area contributed by atoms with E-state index >= 15 is 0 Å². The van der Waals surface area contributed by atoms with E-state index in [9.17, 15) is 0 Å². The van der Waals surface area contributed by atoms with E-state index in [0.29, 0.717) is 13.0 Å². The fourth-order valence-electron chi connectivity index (χ4n) is 1.77. The van der Waals surface area contributed by atoms with Crippen LogP contribution in [-0.2, 0) is 13.5 Å². The molecule has 1 aromatic carbocycles. The van der Waals surface area contributed by atoms with Gasteiger partial charge < -0.3 is 9.30 Å². The Balaban J connectivity index is 2.38. The van der Waals surface area contributed by atoms with E-state index in [-0.39, 0.29) is 0 Å². The van der Waals surface area contributed by atoms with Gasteiger partial charge in [-0.25, -0.2) is 4.98 Å². The molecule has 0 aliphatic rings. The predicted octanol–water partition coefficient (Wildman–Crippen LogP) is 2.43. The number of imidazole rings is 1. The summed E-state index contributed by atoms with van der Waals surface area (Å²) in [6.07, 6.45) is 1.32. The van der Waals surface area contributed by atoms with Crippen molar-refractivity contribution in [3.8, 4) is 11.8 Å². The highest BCUT2D eigenvalue weighted by Gasteiger charge is 2.08. The number of nitriles is 1. The minimum atomic E-state index is 0.330. The second-order valence-electron chi connectivity index (χ2n) is 3.92. The zero-order chi connectivity index (χ0) is 12.3. The molecule has 17 heavy (non-hydrogen) atoms. The molecule has 0 amide bonds. The normalized spacial score (nSPS) is 10.4. The van der Waals surface area contributed by atoms with E-state index in [1.54, 1.807) is 0 Å². The van der Waals surface area contributed by atoms with Crippen LogP contribution < -0.4 is 4.74 Å². The molecule has 0 aliphatic carbocycles. The number of hydrogen-bond donors (Lipinski definition) is 0. The van der Waals surface area contributed by atoms with Crippen LogP contribution in [0.15, 0.2) is 18.2 Å². The molecule has 0 saturated carbocycles. The molecule has 0 fully saturated rings. The molecule has 88 valence electrons. The Bertz CT molecular complexity index is 566. The Morgan fingerprint density at radius 1 is 1.47 bits per heavy atom. The lowest BCUT2D eigenvalue weighted by Crippen LogP contribution is -1.96. The largest absolute Gasteiger partial charge is 0.494 e. The van der Waals surface area contributed by atoms with Crippen LogP contribution >= 0.6 is 0 Å². The number of rotatable bonds is 4. The van der Waals surface area contributed by atoms with Crippen molar-refractivity contribution in [2.45, 2.75) is 19.8 Å². The lowest BCUT2D eigenvalue weighted by molar-refractivity contribution is 0.318. The molecular formula is C13H15N3O. The van der Waals surface area contributed by atoms with Crippen molar-refractivity contribution in [3.05, 3.63) is 24.0 Å². The van der Waals surface area contributed by atoms with Crippen molar-refractivity contribution in [3.63, 3.8) is 0 Å². The molecule has 2 rings (SSSR count). The fourth-order valence-corrected chi connectivity index (χ4v) is 1.77. The van der Waals surface area contributed by atoms with Crippen LogP contribution in [0.5, 0.6) is 5.75 Å². The highest BCUT2D eigenvalue weighted by Crippen LogP contribution is 2.21. The topological polar surface area (TPSA) is 50.8 Å². The first-order valence-electron chi connectivity index (χ1n) is 5.71. The molecule has 0 radical (unpaired) electrons. The van der Waals surface area contributed by atoms with E-state index in [4.69, 9.17) is 10.00 Å². The van der Waals surface area contributed by atoms with Crippen LogP contribution in [0.2, 0.25) is 0 Å². The molecule has 0 aliphatic heterocycles. The highest BCUT2D eigenvalue weighted by molar-refractivity contribution is 5.77. The van der Waals surface area contributed by atoms with Crippen LogP contribution in [0.3, 0.4) is 0 Å². The number of ether oxygens (including phenoxy) is 1. The van der Waals surface area contributed by atoms with Crippen LogP contribution in [0.1, 0.15) is 19.2 Å². The van der Waals surface area contributed by atoms with Crippen molar-refractivity contribution in [2.75, 3.05) is 6.61 Å². The summed E-state index contributed by atoms with van der Waals surface area (Å²) in [5.74, 6) is 1.62. The number of fused-ring (bicyclic) bond motifs is 1. The molecule has 0 spiro atoms. The van der Waals surface area contributed by atoms with Crippen molar-refractivity contribution in [2.24, 2.45) is 7.05 Å². The SMILES string of the molecule is CCCOc1ccc2c(c1)nc(CC#N)n2C. The number of nitrogens with zero attached hydrogens (tertiary/aromatic N) is 3.